The molecule has 0 atom stereocenters. The van der Waals surface area contributed by atoms with Crippen molar-refractivity contribution in [1.82, 2.24) is 25.3 Å². The first kappa shape index (κ1) is 17.8. The second kappa shape index (κ2) is 7.02. The van der Waals surface area contributed by atoms with Gasteiger partial charge in [0.1, 0.15) is 5.52 Å². The van der Waals surface area contributed by atoms with Crippen LogP contribution in [0.2, 0.25) is 0 Å². The number of fused-ring (bicyclic) bond motifs is 3. The highest BCUT2D eigenvalue weighted by atomic mass is 16.2. The predicted molar refractivity (Wildman–Crippen MR) is 120 cm³/mol. The molecule has 1 aliphatic heterocycles. The van der Waals surface area contributed by atoms with Gasteiger partial charge >= 0.3 is 0 Å². The molecule has 2 aromatic heterocycles. The summed E-state index contributed by atoms with van der Waals surface area (Å²) in [5.74, 6) is 0.0780. The summed E-state index contributed by atoms with van der Waals surface area (Å²) in [5, 5.41) is 11.9. The highest BCUT2D eigenvalue weighted by Gasteiger charge is 2.30. The molecule has 6 heteroatoms. The zero-order valence-electron chi connectivity index (χ0n) is 16.7. The standard InChI is InChI=1S/C25H19N5O/c31-25-24-18(5-3-6-20(24)17-9-11-22-23(14-17)28-29-27-22)15-30(25)13-12-19-10-8-16-4-1-2-7-21(16)26-19/h1-11,14H,12-13,15H2,(H,27,28,29). The van der Waals surface area contributed by atoms with Crippen LogP contribution in [0.4, 0.5) is 0 Å². The highest BCUT2D eigenvalue weighted by molar-refractivity contribution is 6.05. The number of para-hydroxylation sites is 1. The zero-order chi connectivity index (χ0) is 20.8. The van der Waals surface area contributed by atoms with Crippen LogP contribution in [0.5, 0.6) is 0 Å². The van der Waals surface area contributed by atoms with E-state index in [1.807, 2.05) is 59.5 Å². The van der Waals surface area contributed by atoms with Crippen LogP contribution >= 0.6 is 0 Å². The Hall–Kier alpha value is -4.06. The summed E-state index contributed by atoms with van der Waals surface area (Å²) in [6.07, 6.45) is 0.728. The van der Waals surface area contributed by atoms with Crippen LogP contribution in [-0.4, -0.2) is 37.7 Å². The average molecular weight is 405 g/mol. The Morgan fingerprint density at radius 3 is 2.84 bits per heavy atom. The lowest BCUT2D eigenvalue weighted by molar-refractivity contribution is 0.0780. The Morgan fingerprint density at radius 1 is 0.935 bits per heavy atom. The van der Waals surface area contributed by atoms with Gasteiger partial charge in [0.25, 0.3) is 5.91 Å². The molecule has 0 unspecified atom stereocenters. The number of pyridine rings is 1. The Labute approximate surface area is 178 Å². The minimum atomic E-state index is 0.0780. The van der Waals surface area contributed by atoms with E-state index in [-0.39, 0.29) is 5.91 Å². The van der Waals surface area contributed by atoms with Gasteiger partial charge in [-0.25, -0.2) is 0 Å². The fourth-order valence-corrected chi connectivity index (χ4v) is 4.35. The molecular weight excluding hydrogens is 386 g/mol. The number of aromatic nitrogens is 4. The number of H-pyrrole nitrogens is 1. The van der Waals surface area contributed by atoms with Crippen LogP contribution in [-0.2, 0) is 13.0 Å². The number of rotatable bonds is 4. The first-order chi connectivity index (χ1) is 15.3. The van der Waals surface area contributed by atoms with Gasteiger partial charge < -0.3 is 4.90 Å². The van der Waals surface area contributed by atoms with Crippen molar-refractivity contribution in [3.05, 3.63) is 89.6 Å². The van der Waals surface area contributed by atoms with Gasteiger partial charge in [-0.1, -0.05) is 53.7 Å². The lowest BCUT2D eigenvalue weighted by Gasteiger charge is -2.15. The smallest absolute Gasteiger partial charge is 0.255 e. The van der Waals surface area contributed by atoms with Crippen LogP contribution < -0.4 is 0 Å². The molecular formula is C25H19N5O. The normalized spacial score (nSPS) is 13.3. The van der Waals surface area contributed by atoms with Crippen molar-refractivity contribution in [3.63, 3.8) is 0 Å². The van der Waals surface area contributed by atoms with E-state index in [4.69, 9.17) is 4.98 Å². The van der Waals surface area contributed by atoms with Gasteiger partial charge in [-0.05, 0) is 41.0 Å². The maximum Gasteiger partial charge on any atom is 0.255 e. The van der Waals surface area contributed by atoms with Crippen LogP contribution in [0.1, 0.15) is 21.6 Å². The Kier molecular flexibility index (Phi) is 4.02. The van der Waals surface area contributed by atoms with E-state index in [0.717, 1.165) is 56.3 Å². The molecule has 0 aliphatic carbocycles. The second-order valence-corrected chi connectivity index (χ2v) is 7.86. The quantitative estimate of drug-likeness (QED) is 0.482. The van der Waals surface area contributed by atoms with E-state index in [2.05, 4.69) is 33.6 Å². The molecule has 31 heavy (non-hydrogen) atoms. The van der Waals surface area contributed by atoms with Crippen molar-refractivity contribution in [1.29, 1.82) is 0 Å². The summed E-state index contributed by atoms with van der Waals surface area (Å²) >= 11 is 0. The molecule has 0 saturated heterocycles. The molecule has 6 rings (SSSR count). The third kappa shape index (κ3) is 3.04. The molecule has 0 bridgehead atoms. The highest BCUT2D eigenvalue weighted by Crippen LogP contribution is 2.33. The number of amides is 1. The van der Waals surface area contributed by atoms with E-state index in [9.17, 15) is 4.79 Å². The van der Waals surface area contributed by atoms with Crippen molar-refractivity contribution >= 4 is 27.8 Å². The van der Waals surface area contributed by atoms with Gasteiger partial charge in [0.2, 0.25) is 0 Å². The van der Waals surface area contributed by atoms with Crippen LogP contribution in [0.15, 0.2) is 72.8 Å². The first-order valence-corrected chi connectivity index (χ1v) is 10.3. The molecule has 3 heterocycles. The van der Waals surface area contributed by atoms with E-state index in [1.54, 1.807) is 0 Å². The molecule has 1 N–H and O–H groups in total. The molecule has 1 aliphatic rings. The van der Waals surface area contributed by atoms with Crippen molar-refractivity contribution in [2.75, 3.05) is 6.54 Å². The molecule has 1 amide bonds. The van der Waals surface area contributed by atoms with E-state index < -0.39 is 0 Å². The van der Waals surface area contributed by atoms with Gasteiger partial charge in [-0.3, -0.25) is 14.9 Å². The maximum atomic E-state index is 13.3. The molecule has 0 saturated carbocycles. The van der Waals surface area contributed by atoms with E-state index in [1.165, 1.54) is 0 Å². The third-order valence-corrected chi connectivity index (χ3v) is 5.94. The molecule has 0 fully saturated rings. The molecule has 6 nitrogen and oxygen atoms in total. The lowest BCUT2D eigenvalue weighted by Crippen LogP contribution is -2.26. The summed E-state index contributed by atoms with van der Waals surface area (Å²) in [7, 11) is 0. The zero-order valence-corrected chi connectivity index (χ0v) is 16.7. The summed E-state index contributed by atoms with van der Waals surface area (Å²) in [4.78, 5) is 20.0. The fourth-order valence-electron chi connectivity index (χ4n) is 4.35. The number of aromatic amines is 1. The Morgan fingerprint density at radius 2 is 1.87 bits per heavy atom. The summed E-state index contributed by atoms with van der Waals surface area (Å²) in [6.45, 7) is 1.27. The topological polar surface area (TPSA) is 74.8 Å². The predicted octanol–water partition coefficient (Wildman–Crippen LogP) is 4.37. The summed E-state index contributed by atoms with van der Waals surface area (Å²) < 4.78 is 0. The first-order valence-electron chi connectivity index (χ1n) is 10.3. The number of carbonyl (C=O) groups is 1. The van der Waals surface area contributed by atoms with Crippen LogP contribution in [0.25, 0.3) is 33.1 Å². The Bertz CT molecular complexity index is 1460. The molecule has 150 valence electrons. The summed E-state index contributed by atoms with van der Waals surface area (Å²) in [5.41, 5.74) is 7.46. The van der Waals surface area contributed by atoms with Crippen molar-refractivity contribution in [2.45, 2.75) is 13.0 Å². The van der Waals surface area contributed by atoms with Crippen molar-refractivity contribution < 1.29 is 4.79 Å². The number of nitrogens with zero attached hydrogens (tertiary/aromatic N) is 4. The number of hydrogen-bond donors (Lipinski definition) is 1. The molecule has 0 spiro atoms. The van der Waals surface area contributed by atoms with Crippen LogP contribution in [0.3, 0.4) is 0 Å². The van der Waals surface area contributed by atoms with Gasteiger partial charge in [0.15, 0.2) is 0 Å². The third-order valence-electron chi connectivity index (χ3n) is 5.94. The van der Waals surface area contributed by atoms with Gasteiger partial charge in [-0.2, -0.15) is 0 Å². The average Bonchev–Trinajstić information content (AvgIpc) is 3.41. The lowest BCUT2D eigenvalue weighted by atomic mass is 9.96. The summed E-state index contributed by atoms with van der Waals surface area (Å²) in [6, 6.07) is 24.2. The maximum absolute atomic E-state index is 13.3. The van der Waals surface area contributed by atoms with Crippen molar-refractivity contribution in [2.24, 2.45) is 0 Å². The van der Waals surface area contributed by atoms with Crippen LogP contribution in [0, 0.1) is 0 Å². The number of carbonyl (C=O) groups excluding carboxylic acids is 1. The van der Waals surface area contributed by atoms with Gasteiger partial charge in [0.05, 0.1) is 16.6 Å². The molecule has 0 radical (unpaired) electrons. The Balaban J connectivity index is 1.27. The molecule has 5 aromatic rings. The van der Waals surface area contributed by atoms with Gasteiger partial charge in [-0.15, -0.1) is 5.10 Å². The second-order valence-electron chi connectivity index (χ2n) is 7.86. The minimum Gasteiger partial charge on any atom is -0.334 e. The minimum absolute atomic E-state index is 0.0780. The largest absolute Gasteiger partial charge is 0.334 e. The van der Waals surface area contributed by atoms with Crippen molar-refractivity contribution in [3.8, 4) is 11.1 Å². The van der Waals surface area contributed by atoms with E-state index in [0.29, 0.717) is 13.1 Å². The number of hydrogen-bond acceptors (Lipinski definition) is 4. The molecule has 3 aromatic carbocycles. The SMILES string of the molecule is O=C1c2c(cccc2-c2ccc3nn[nH]c3c2)CN1CCc1ccc2ccccc2n1. The number of nitrogens with one attached hydrogen (secondary N) is 1. The van der Waals surface area contributed by atoms with Gasteiger partial charge in [0, 0.05) is 30.6 Å². The monoisotopic (exact) mass is 405 g/mol. The number of benzene rings is 3. The van der Waals surface area contributed by atoms with E-state index >= 15 is 0 Å². The fraction of sp³-hybridized carbons (Fsp3) is 0.120.